The monoisotopic (exact) mass is 402 g/mol. The maximum Gasteiger partial charge on any atom is 0.342 e. The Kier molecular flexibility index (Phi) is 5.50. The number of aliphatic carboxylic acids is 1. The number of fused-ring (bicyclic) bond motifs is 1. The number of nitro groups is 1. The number of aromatic nitrogens is 1. The average molecular weight is 402 g/mol. The fourth-order valence-electron chi connectivity index (χ4n) is 2.46. The molecule has 9 nitrogen and oxygen atoms in total. The Morgan fingerprint density at radius 1 is 1.29 bits per heavy atom. The molecule has 10 heteroatoms. The highest BCUT2D eigenvalue weighted by atomic mass is 32.2. The molecule has 0 aliphatic rings. The van der Waals surface area contributed by atoms with Gasteiger partial charge in [0.1, 0.15) is 10.4 Å². The van der Waals surface area contributed by atoms with Gasteiger partial charge in [-0.05, 0) is 30.0 Å². The van der Waals surface area contributed by atoms with Gasteiger partial charge in [0, 0.05) is 11.6 Å². The van der Waals surface area contributed by atoms with Crippen LogP contribution in [-0.2, 0) is 4.79 Å². The van der Waals surface area contributed by atoms with E-state index in [0.29, 0.717) is 11.1 Å². The third-order valence-corrected chi connectivity index (χ3v) is 4.53. The van der Waals surface area contributed by atoms with E-state index < -0.39 is 10.9 Å². The molecule has 3 aromatic rings. The van der Waals surface area contributed by atoms with Gasteiger partial charge >= 0.3 is 5.97 Å². The van der Waals surface area contributed by atoms with E-state index >= 15 is 0 Å². The van der Waals surface area contributed by atoms with Crippen LogP contribution in [0.25, 0.3) is 17.2 Å². The topological polar surface area (TPSA) is 125 Å². The lowest BCUT2D eigenvalue weighted by Gasteiger charge is -2.11. The van der Waals surface area contributed by atoms with E-state index in [1.165, 1.54) is 32.4 Å². The minimum absolute atomic E-state index is 0.111. The number of carboxylic acid groups (broad SMARTS) is 1. The van der Waals surface area contributed by atoms with E-state index in [0.717, 1.165) is 11.8 Å². The molecular formula is C18H14N2O7S. The zero-order valence-electron chi connectivity index (χ0n) is 14.7. The van der Waals surface area contributed by atoms with Gasteiger partial charge in [-0.3, -0.25) is 10.1 Å². The summed E-state index contributed by atoms with van der Waals surface area (Å²) in [5.41, 5.74) is 1.02. The molecule has 0 bridgehead atoms. The van der Waals surface area contributed by atoms with Gasteiger partial charge in [0.2, 0.25) is 0 Å². The van der Waals surface area contributed by atoms with Gasteiger partial charge in [0.25, 0.3) is 10.9 Å². The lowest BCUT2D eigenvalue weighted by Crippen LogP contribution is -2.00. The number of benzene rings is 2. The molecule has 0 saturated heterocycles. The number of hydrogen-bond acceptors (Lipinski definition) is 8. The Morgan fingerprint density at radius 2 is 2.04 bits per heavy atom. The first-order chi connectivity index (χ1) is 13.4. The molecule has 0 fully saturated rings. The third-order valence-electron chi connectivity index (χ3n) is 3.67. The summed E-state index contributed by atoms with van der Waals surface area (Å²) < 4.78 is 15.9. The average Bonchev–Trinajstić information content (AvgIpc) is 3.08. The van der Waals surface area contributed by atoms with Gasteiger partial charge in [-0.15, -0.1) is 0 Å². The molecule has 3 rings (SSSR count). The SMILES string of the molecule is COc1cc([N+](=O)[O-])cc(/C=C(/Sc2nc3ccccc3o2)C(=O)O)c1OC. The van der Waals surface area contributed by atoms with E-state index in [1.54, 1.807) is 24.3 Å². The van der Waals surface area contributed by atoms with Crippen molar-refractivity contribution in [1.29, 1.82) is 0 Å². The number of methoxy groups -OCH3 is 2. The van der Waals surface area contributed by atoms with Crippen molar-refractivity contribution < 1.29 is 28.7 Å². The van der Waals surface area contributed by atoms with E-state index in [2.05, 4.69) is 4.98 Å². The number of nitrogens with zero attached hydrogens (tertiary/aromatic N) is 2. The molecule has 0 saturated carbocycles. The summed E-state index contributed by atoms with van der Waals surface area (Å²) >= 11 is 0.782. The van der Waals surface area contributed by atoms with Crippen molar-refractivity contribution in [2.24, 2.45) is 0 Å². The maximum absolute atomic E-state index is 11.7. The van der Waals surface area contributed by atoms with Crippen molar-refractivity contribution >= 4 is 40.6 Å². The third kappa shape index (κ3) is 3.91. The lowest BCUT2D eigenvalue weighted by atomic mass is 10.1. The summed E-state index contributed by atoms with van der Waals surface area (Å²) in [4.78, 5) is 26.4. The van der Waals surface area contributed by atoms with Crippen molar-refractivity contribution in [2.75, 3.05) is 14.2 Å². The molecule has 0 amide bonds. The van der Waals surface area contributed by atoms with Crippen molar-refractivity contribution in [1.82, 2.24) is 4.98 Å². The number of hydrogen-bond donors (Lipinski definition) is 1. The zero-order valence-corrected chi connectivity index (χ0v) is 15.6. The first kappa shape index (κ1) is 19.2. The maximum atomic E-state index is 11.7. The summed E-state index contributed by atoms with van der Waals surface area (Å²) in [6, 6.07) is 9.41. The van der Waals surface area contributed by atoms with Gasteiger partial charge in [-0.1, -0.05) is 12.1 Å². The molecule has 1 aromatic heterocycles. The van der Waals surface area contributed by atoms with Crippen LogP contribution in [0, 0.1) is 10.1 Å². The molecule has 0 aliphatic heterocycles. The molecule has 0 aliphatic carbocycles. The Hall–Kier alpha value is -3.53. The molecule has 0 radical (unpaired) electrons. The van der Waals surface area contributed by atoms with E-state index in [-0.39, 0.29) is 32.9 Å². The van der Waals surface area contributed by atoms with Crippen LogP contribution in [0.2, 0.25) is 0 Å². The van der Waals surface area contributed by atoms with Crippen LogP contribution in [0.5, 0.6) is 11.5 Å². The van der Waals surface area contributed by atoms with Crippen molar-refractivity contribution in [2.45, 2.75) is 5.22 Å². The Balaban J connectivity index is 2.07. The van der Waals surface area contributed by atoms with Gasteiger partial charge in [0.05, 0.1) is 25.2 Å². The zero-order chi connectivity index (χ0) is 20.3. The van der Waals surface area contributed by atoms with Crippen LogP contribution < -0.4 is 9.47 Å². The Bertz CT molecular complexity index is 1060. The van der Waals surface area contributed by atoms with E-state index in [1.807, 2.05) is 0 Å². The fraction of sp³-hybridized carbons (Fsp3) is 0.111. The summed E-state index contributed by atoms with van der Waals surface area (Å²) in [5.74, 6) is -0.968. The van der Waals surface area contributed by atoms with Gasteiger partial charge in [-0.2, -0.15) is 0 Å². The molecule has 144 valence electrons. The Morgan fingerprint density at radius 3 is 2.64 bits per heavy atom. The number of carbonyl (C=O) groups is 1. The number of nitro benzene ring substituents is 1. The number of rotatable bonds is 7. The molecule has 1 N–H and O–H groups in total. The fourth-order valence-corrected chi connectivity index (χ4v) is 3.19. The molecule has 0 atom stereocenters. The minimum Gasteiger partial charge on any atom is -0.493 e. The lowest BCUT2D eigenvalue weighted by molar-refractivity contribution is -0.385. The predicted octanol–water partition coefficient (Wildman–Crippen LogP) is 3.97. The number of para-hydroxylation sites is 2. The van der Waals surface area contributed by atoms with Crippen molar-refractivity contribution in [3.63, 3.8) is 0 Å². The van der Waals surface area contributed by atoms with Gasteiger partial charge < -0.3 is 19.0 Å². The number of ether oxygens (including phenoxy) is 2. The highest BCUT2D eigenvalue weighted by Gasteiger charge is 2.20. The molecule has 2 aromatic carbocycles. The van der Waals surface area contributed by atoms with Crippen LogP contribution in [0.4, 0.5) is 5.69 Å². The molecular weight excluding hydrogens is 388 g/mol. The highest BCUT2D eigenvalue weighted by Crippen LogP contribution is 2.38. The number of carboxylic acids is 1. The second kappa shape index (κ2) is 8.01. The molecule has 0 spiro atoms. The van der Waals surface area contributed by atoms with E-state index in [4.69, 9.17) is 13.9 Å². The molecule has 0 unspecified atom stereocenters. The van der Waals surface area contributed by atoms with Crippen LogP contribution in [0.3, 0.4) is 0 Å². The standard InChI is InChI=1S/C18H14N2O7S/c1-25-14-9-11(20(23)24)7-10(16(14)26-2)8-15(17(21)22)28-18-19-12-5-3-4-6-13(12)27-18/h3-9H,1-2H3,(H,21,22)/b15-8+. The second-order valence-corrected chi connectivity index (χ2v) is 6.38. The summed E-state index contributed by atoms with van der Waals surface area (Å²) in [7, 11) is 2.69. The first-order valence-corrected chi connectivity index (χ1v) is 8.63. The number of oxazole rings is 1. The first-order valence-electron chi connectivity index (χ1n) is 7.81. The predicted molar refractivity (Wildman–Crippen MR) is 102 cm³/mol. The summed E-state index contributed by atoms with van der Waals surface area (Å²) in [6.45, 7) is 0. The smallest absolute Gasteiger partial charge is 0.342 e. The van der Waals surface area contributed by atoms with Crippen LogP contribution >= 0.6 is 11.8 Å². The van der Waals surface area contributed by atoms with Crippen LogP contribution in [0.1, 0.15) is 5.56 Å². The largest absolute Gasteiger partial charge is 0.493 e. The van der Waals surface area contributed by atoms with Crippen molar-refractivity contribution in [3.05, 3.63) is 57.0 Å². The molecule has 28 heavy (non-hydrogen) atoms. The Labute approximate surface area is 162 Å². The van der Waals surface area contributed by atoms with Crippen LogP contribution in [0.15, 0.2) is 50.9 Å². The second-order valence-electron chi connectivity index (χ2n) is 5.39. The number of thioether (sulfide) groups is 1. The highest BCUT2D eigenvalue weighted by molar-refractivity contribution is 8.03. The quantitative estimate of drug-likeness (QED) is 0.270. The van der Waals surface area contributed by atoms with Gasteiger partial charge in [0.15, 0.2) is 17.1 Å². The van der Waals surface area contributed by atoms with Gasteiger partial charge in [-0.25, -0.2) is 9.78 Å². The molecule has 1 heterocycles. The van der Waals surface area contributed by atoms with Crippen molar-refractivity contribution in [3.8, 4) is 11.5 Å². The summed E-state index contributed by atoms with van der Waals surface area (Å²) in [6.07, 6.45) is 1.25. The van der Waals surface area contributed by atoms with E-state index in [9.17, 15) is 20.0 Å². The number of non-ortho nitro benzene ring substituents is 1. The van der Waals surface area contributed by atoms with Crippen LogP contribution in [-0.4, -0.2) is 35.2 Å². The normalized spacial score (nSPS) is 11.4. The minimum atomic E-state index is -1.25. The summed E-state index contributed by atoms with van der Waals surface area (Å²) in [5, 5.41) is 20.9.